The molecule has 1 aromatic rings. The topological polar surface area (TPSA) is 170 Å². The Kier molecular flexibility index (Phi) is 5.77. The summed E-state index contributed by atoms with van der Waals surface area (Å²) in [7, 11) is 0. The molecule has 1 fully saturated rings. The second-order valence-electron chi connectivity index (χ2n) is 9.32. The van der Waals surface area contributed by atoms with E-state index in [4.69, 9.17) is 5.73 Å². The van der Waals surface area contributed by atoms with Gasteiger partial charge in [0.05, 0.1) is 5.56 Å². The number of hydrogen-bond donors (Lipinski definition) is 6. The van der Waals surface area contributed by atoms with Crippen LogP contribution in [0.15, 0.2) is 23.0 Å². The number of phenols is 1. The lowest BCUT2D eigenvalue weighted by atomic mass is 9.59. The van der Waals surface area contributed by atoms with E-state index in [1.54, 1.807) is 0 Å². The Morgan fingerprint density at radius 2 is 1.97 bits per heavy atom. The maximum Gasteiger partial charge on any atom is 0.255 e. The number of benzene rings is 1. The van der Waals surface area contributed by atoms with Crippen molar-refractivity contribution < 1.29 is 39.2 Å². The van der Waals surface area contributed by atoms with Crippen molar-refractivity contribution in [1.29, 1.82) is 0 Å². The van der Waals surface area contributed by atoms with Crippen molar-refractivity contribution in [2.75, 3.05) is 0 Å². The highest BCUT2D eigenvalue weighted by Gasteiger charge is 2.60. The van der Waals surface area contributed by atoms with Gasteiger partial charge < -0.3 is 31.5 Å². The van der Waals surface area contributed by atoms with E-state index in [1.165, 1.54) is 6.07 Å². The van der Waals surface area contributed by atoms with Crippen LogP contribution in [-0.2, 0) is 27.3 Å². The number of Topliss-reactive ketones (excluding diaryl/α,β-unsaturated/α-hetero) is 2. The molecule has 4 atom stereocenters. The van der Waals surface area contributed by atoms with Gasteiger partial charge in [-0.1, -0.05) is 6.92 Å². The molecule has 1 amide bonds. The molecule has 7 N–H and O–H groups in total. The lowest BCUT2D eigenvalue weighted by molar-refractivity contribution is -0.147. The molecule has 3 aliphatic carbocycles. The predicted octanol–water partition coefficient (Wildman–Crippen LogP) is 1.45. The Morgan fingerprint density at radius 3 is 2.59 bits per heavy atom. The first-order valence-corrected chi connectivity index (χ1v) is 11.2. The number of phenolic OH excluding ortho intramolecular Hbond substituents is 1. The Bertz CT molecular complexity index is 1190. The van der Waals surface area contributed by atoms with Gasteiger partial charge in [-0.25, -0.2) is 4.39 Å². The molecule has 4 rings (SSSR count). The van der Waals surface area contributed by atoms with E-state index < -0.39 is 70.0 Å². The molecule has 1 unspecified atom stereocenters. The number of fused-ring (bicyclic) bond motifs is 3. The molecule has 1 aromatic carbocycles. The minimum absolute atomic E-state index is 0.0326. The van der Waals surface area contributed by atoms with Gasteiger partial charge in [0.1, 0.15) is 28.7 Å². The maximum absolute atomic E-state index is 15.4. The summed E-state index contributed by atoms with van der Waals surface area (Å²) >= 11 is 0. The first-order valence-electron chi connectivity index (χ1n) is 11.2. The summed E-state index contributed by atoms with van der Waals surface area (Å²) in [5.74, 6) is -7.96. The zero-order valence-electron chi connectivity index (χ0n) is 18.8. The number of primary amides is 1. The number of halogens is 1. The lowest BCUT2D eigenvalue weighted by Gasteiger charge is -2.46. The van der Waals surface area contributed by atoms with Gasteiger partial charge in [-0.2, -0.15) is 0 Å². The number of carbonyl (C=O) groups is 3. The van der Waals surface area contributed by atoms with E-state index in [0.717, 1.165) is 6.42 Å². The van der Waals surface area contributed by atoms with Crippen LogP contribution in [0, 0.1) is 17.7 Å². The number of aliphatic hydroxyl groups excluding tert-OH is 2. The predicted molar refractivity (Wildman–Crippen MR) is 118 cm³/mol. The van der Waals surface area contributed by atoms with E-state index in [1.807, 2.05) is 13.8 Å². The zero-order valence-corrected chi connectivity index (χ0v) is 18.8. The highest BCUT2D eigenvalue weighted by Crippen LogP contribution is 2.52. The average Bonchev–Trinajstić information content (AvgIpc) is 2.76. The Morgan fingerprint density at radius 1 is 1.29 bits per heavy atom. The van der Waals surface area contributed by atoms with Crippen molar-refractivity contribution in [3.63, 3.8) is 0 Å². The molecule has 0 saturated heterocycles. The molecule has 3 aliphatic rings. The highest BCUT2D eigenvalue weighted by atomic mass is 19.1. The summed E-state index contributed by atoms with van der Waals surface area (Å²) in [6.45, 7) is 4.05. The van der Waals surface area contributed by atoms with Crippen LogP contribution in [0.3, 0.4) is 0 Å². The smallest absolute Gasteiger partial charge is 0.255 e. The van der Waals surface area contributed by atoms with Crippen LogP contribution in [0.5, 0.6) is 5.75 Å². The Labute approximate surface area is 194 Å². The molecule has 1 saturated carbocycles. The zero-order chi connectivity index (χ0) is 25.1. The maximum atomic E-state index is 15.4. The van der Waals surface area contributed by atoms with Crippen LogP contribution in [0.4, 0.5) is 4.39 Å². The van der Waals surface area contributed by atoms with Gasteiger partial charge in [0.2, 0.25) is 5.78 Å². The standard InChI is InChI=1S/C24H27FN2O7/c1-3-9(2)27-8-11-6-14(28)17-13(19(11)25)5-10-4-12-7-15(29)18(23(26)33)22(32)24(12,34)21(31)16(10)20(17)30/h6,9-10,12,27-28,30,32,34H,3-5,7-8H2,1-2H3,(H2,26,33)/t9-,10?,12+,24+/m1/s1. The third-order valence-electron chi connectivity index (χ3n) is 7.33. The van der Waals surface area contributed by atoms with Gasteiger partial charge in [-0.05, 0) is 38.2 Å². The molecular formula is C24H27FN2O7. The summed E-state index contributed by atoms with van der Waals surface area (Å²) in [6, 6.07) is 1.29. The fourth-order valence-electron chi connectivity index (χ4n) is 5.28. The number of aliphatic hydroxyl groups is 3. The molecule has 0 aromatic heterocycles. The van der Waals surface area contributed by atoms with Crippen LogP contribution >= 0.6 is 0 Å². The number of amides is 1. The molecule has 10 heteroatoms. The number of nitrogens with one attached hydrogen (secondary N) is 1. The van der Waals surface area contributed by atoms with Crippen LogP contribution in [-0.4, -0.2) is 49.5 Å². The van der Waals surface area contributed by atoms with Gasteiger partial charge in [0.25, 0.3) is 5.91 Å². The Balaban J connectivity index is 1.83. The van der Waals surface area contributed by atoms with Crippen LogP contribution < -0.4 is 11.1 Å². The molecule has 0 heterocycles. The molecule has 34 heavy (non-hydrogen) atoms. The summed E-state index contributed by atoms with van der Waals surface area (Å²) < 4.78 is 15.4. The normalized spacial score (nSPS) is 27.3. The molecule has 0 radical (unpaired) electrons. The second kappa shape index (κ2) is 8.21. The molecular weight excluding hydrogens is 447 g/mol. The van der Waals surface area contributed by atoms with E-state index >= 15 is 4.39 Å². The third-order valence-corrected chi connectivity index (χ3v) is 7.33. The quantitative estimate of drug-likeness (QED) is 0.348. The molecule has 0 spiro atoms. The summed E-state index contributed by atoms with van der Waals surface area (Å²) in [6.07, 6.45) is 0.287. The first-order chi connectivity index (χ1) is 15.9. The van der Waals surface area contributed by atoms with Gasteiger partial charge in [0.15, 0.2) is 11.4 Å². The minimum atomic E-state index is -2.64. The van der Waals surface area contributed by atoms with Gasteiger partial charge >= 0.3 is 0 Å². The number of rotatable bonds is 5. The van der Waals surface area contributed by atoms with Gasteiger partial charge in [0, 0.05) is 41.6 Å². The summed E-state index contributed by atoms with van der Waals surface area (Å²) in [5, 5.41) is 46.4. The fraction of sp³-hybridized carbons (Fsp3) is 0.458. The second-order valence-corrected chi connectivity index (χ2v) is 9.32. The average molecular weight is 474 g/mol. The monoisotopic (exact) mass is 474 g/mol. The van der Waals surface area contributed by atoms with Crippen LogP contribution in [0.25, 0.3) is 5.76 Å². The summed E-state index contributed by atoms with van der Waals surface area (Å²) in [5.41, 5.74) is 1.35. The van der Waals surface area contributed by atoms with E-state index in [0.29, 0.717) is 0 Å². The van der Waals surface area contributed by atoms with E-state index in [9.17, 15) is 34.8 Å². The van der Waals surface area contributed by atoms with Gasteiger partial charge in [-0.3, -0.25) is 14.4 Å². The number of hydrogen-bond acceptors (Lipinski definition) is 8. The number of ketones is 2. The minimum Gasteiger partial charge on any atom is -0.508 e. The molecule has 182 valence electrons. The van der Waals surface area contributed by atoms with Crippen molar-refractivity contribution in [3.8, 4) is 5.75 Å². The third kappa shape index (κ3) is 3.32. The van der Waals surface area contributed by atoms with Crippen molar-refractivity contribution in [1.82, 2.24) is 5.32 Å². The highest BCUT2D eigenvalue weighted by molar-refractivity contribution is 6.22. The summed E-state index contributed by atoms with van der Waals surface area (Å²) in [4.78, 5) is 37.4. The molecule has 0 aliphatic heterocycles. The largest absolute Gasteiger partial charge is 0.508 e. The van der Waals surface area contributed by atoms with Crippen molar-refractivity contribution in [2.45, 2.75) is 57.7 Å². The first kappa shape index (κ1) is 23.9. The number of carbonyl (C=O) groups excluding carboxylic acids is 3. The SMILES string of the molecule is CC[C@@H](C)NCc1cc(O)c2c(c1F)CC1C[C@H]3CC(=O)C(C(N)=O)=C(O)[C@@]3(O)C(=O)C1=C2O. The van der Waals surface area contributed by atoms with E-state index in [2.05, 4.69) is 5.32 Å². The Hall–Kier alpha value is -3.24. The van der Waals surface area contributed by atoms with Crippen LogP contribution in [0.2, 0.25) is 0 Å². The van der Waals surface area contributed by atoms with E-state index in [-0.39, 0.29) is 47.7 Å². The van der Waals surface area contributed by atoms with Gasteiger partial charge in [-0.15, -0.1) is 0 Å². The molecule has 0 bridgehead atoms. The van der Waals surface area contributed by atoms with Crippen LogP contribution in [0.1, 0.15) is 49.8 Å². The van der Waals surface area contributed by atoms with Crippen molar-refractivity contribution in [3.05, 3.63) is 45.5 Å². The lowest BCUT2D eigenvalue weighted by Crippen LogP contribution is -2.58. The number of nitrogens with two attached hydrogens (primary N) is 1. The molecule has 9 nitrogen and oxygen atoms in total. The van der Waals surface area contributed by atoms with Crippen molar-refractivity contribution >= 4 is 23.2 Å². The fourth-order valence-corrected chi connectivity index (χ4v) is 5.28. The number of aromatic hydroxyl groups is 1. The van der Waals surface area contributed by atoms with Crippen molar-refractivity contribution in [2.24, 2.45) is 17.6 Å².